The van der Waals surface area contributed by atoms with E-state index in [0.29, 0.717) is 54.8 Å². The monoisotopic (exact) mass is 408 g/mol. The Morgan fingerprint density at radius 1 is 1.03 bits per heavy atom. The summed E-state index contributed by atoms with van der Waals surface area (Å²) >= 11 is 0. The van der Waals surface area contributed by atoms with Crippen LogP contribution < -0.4 is 5.32 Å². The van der Waals surface area contributed by atoms with Crippen LogP contribution in [0.5, 0.6) is 0 Å². The fourth-order valence-corrected chi connectivity index (χ4v) is 4.85. The van der Waals surface area contributed by atoms with E-state index >= 15 is 0 Å². The number of rotatable bonds is 6. The molecule has 1 atom stereocenters. The second-order valence-corrected chi connectivity index (χ2v) is 8.75. The Morgan fingerprint density at radius 3 is 2.50 bits per heavy atom. The summed E-state index contributed by atoms with van der Waals surface area (Å²) in [7, 11) is 0. The number of piperidine rings is 1. The zero-order valence-corrected chi connectivity index (χ0v) is 17.2. The summed E-state index contributed by atoms with van der Waals surface area (Å²) in [5.41, 5.74) is 2.13. The van der Waals surface area contributed by atoms with Crippen LogP contribution in [0, 0.1) is 5.92 Å². The molecule has 3 amide bonds. The van der Waals surface area contributed by atoms with Crippen molar-refractivity contribution in [3.63, 3.8) is 0 Å². The van der Waals surface area contributed by atoms with Gasteiger partial charge in [0.2, 0.25) is 5.91 Å². The van der Waals surface area contributed by atoms with Gasteiger partial charge in [-0.05, 0) is 42.9 Å². The molecule has 1 saturated carbocycles. The Hall–Kier alpha value is -2.76. The molecule has 1 aromatic rings. The summed E-state index contributed by atoms with van der Waals surface area (Å²) < 4.78 is 0. The molecule has 2 heterocycles. The minimum absolute atomic E-state index is 0.269. The summed E-state index contributed by atoms with van der Waals surface area (Å²) in [5.74, 6) is -0.433. The number of carbonyl (C=O) groups is 4. The van der Waals surface area contributed by atoms with Crippen LogP contribution in [0.4, 0.5) is 0 Å². The van der Waals surface area contributed by atoms with Crippen LogP contribution in [-0.4, -0.2) is 34.4 Å². The Kier molecular flexibility index (Phi) is 5.84. The van der Waals surface area contributed by atoms with Crippen molar-refractivity contribution in [3.05, 3.63) is 47.2 Å². The molecule has 0 radical (unpaired) electrons. The lowest BCUT2D eigenvalue weighted by Gasteiger charge is -2.29. The molecule has 1 aromatic carbocycles. The van der Waals surface area contributed by atoms with Crippen LogP contribution in [0.2, 0.25) is 0 Å². The first kappa shape index (κ1) is 20.5. The first-order valence-electron chi connectivity index (χ1n) is 10.9. The summed E-state index contributed by atoms with van der Waals surface area (Å²) in [6.07, 6.45) is 8.62. The van der Waals surface area contributed by atoms with E-state index in [0.717, 1.165) is 23.3 Å². The Bertz CT molecular complexity index is 914. The van der Waals surface area contributed by atoms with Gasteiger partial charge in [-0.2, -0.15) is 0 Å². The predicted octanol–water partition coefficient (Wildman–Crippen LogP) is 3.55. The largest absolute Gasteiger partial charge is 0.329 e. The van der Waals surface area contributed by atoms with Gasteiger partial charge in [0.05, 0.1) is 11.1 Å². The van der Waals surface area contributed by atoms with Gasteiger partial charge < -0.3 is 5.32 Å². The average molecular weight is 408 g/mol. The number of nitrogens with one attached hydrogen (secondary N) is 1. The SMILES string of the molecule is C=C1CCC(N2C(=O)c3ccc(CCC(=O)CC4CCCCC4)cc3C2=O)C(=O)N1. The number of amides is 3. The molecule has 0 aromatic heterocycles. The van der Waals surface area contributed by atoms with E-state index in [-0.39, 0.29) is 11.7 Å². The average Bonchev–Trinajstić information content (AvgIpc) is 2.97. The highest BCUT2D eigenvalue weighted by Crippen LogP contribution is 2.30. The van der Waals surface area contributed by atoms with Crippen LogP contribution >= 0.6 is 0 Å². The lowest BCUT2D eigenvalue weighted by atomic mass is 9.85. The van der Waals surface area contributed by atoms with E-state index in [1.54, 1.807) is 12.1 Å². The van der Waals surface area contributed by atoms with E-state index in [4.69, 9.17) is 0 Å². The maximum atomic E-state index is 12.9. The molecular weight excluding hydrogens is 380 g/mol. The van der Waals surface area contributed by atoms with Gasteiger partial charge in [-0.15, -0.1) is 0 Å². The van der Waals surface area contributed by atoms with Crippen LogP contribution in [0.15, 0.2) is 30.5 Å². The molecular formula is C24H28N2O4. The van der Waals surface area contributed by atoms with Crippen LogP contribution in [0.3, 0.4) is 0 Å². The predicted molar refractivity (Wildman–Crippen MR) is 112 cm³/mol. The third-order valence-corrected chi connectivity index (χ3v) is 6.55. The fraction of sp³-hybridized carbons (Fsp3) is 0.500. The number of carbonyl (C=O) groups excluding carboxylic acids is 4. The standard InChI is InChI=1S/C24H28N2O4/c1-15-7-12-21(22(28)25-15)26-23(29)19-11-9-17(14-20(19)24(26)30)8-10-18(27)13-16-5-3-2-4-6-16/h9,11,14,16,21H,1-8,10,12-13H2,(H,25,28). The molecule has 0 bridgehead atoms. The van der Waals surface area contributed by atoms with E-state index in [1.165, 1.54) is 19.3 Å². The highest BCUT2D eigenvalue weighted by molar-refractivity contribution is 6.23. The van der Waals surface area contributed by atoms with Crippen molar-refractivity contribution in [1.82, 2.24) is 10.2 Å². The molecule has 4 rings (SSSR count). The van der Waals surface area contributed by atoms with Crippen LogP contribution in [-0.2, 0) is 16.0 Å². The number of imide groups is 1. The number of ketones is 1. The van der Waals surface area contributed by atoms with Gasteiger partial charge in [0.1, 0.15) is 11.8 Å². The topological polar surface area (TPSA) is 83.6 Å². The Morgan fingerprint density at radius 2 is 1.77 bits per heavy atom. The van der Waals surface area contributed by atoms with E-state index < -0.39 is 17.9 Å². The molecule has 0 spiro atoms. The number of benzene rings is 1. The number of Topliss-reactive ketones (excluding diaryl/α,β-unsaturated/α-hetero) is 1. The lowest BCUT2D eigenvalue weighted by Crippen LogP contribution is -2.51. The van der Waals surface area contributed by atoms with Crippen molar-refractivity contribution >= 4 is 23.5 Å². The minimum atomic E-state index is -0.802. The first-order chi connectivity index (χ1) is 14.4. The zero-order valence-electron chi connectivity index (χ0n) is 17.2. The van der Waals surface area contributed by atoms with Gasteiger partial charge in [0, 0.05) is 18.5 Å². The summed E-state index contributed by atoms with van der Waals surface area (Å²) in [6, 6.07) is 4.37. The molecule has 1 N–H and O–H groups in total. The highest BCUT2D eigenvalue weighted by Gasteiger charge is 2.43. The second-order valence-electron chi connectivity index (χ2n) is 8.75. The van der Waals surface area contributed by atoms with Gasteiger partial charge >= 0.3 is 0 Å². The zero-order chi connectivity index (χ0) is 21.3. The molecule has 1 aliphatic carbocycles. The summed E-state index contributed by atoms with van der Waals surface area (Å²) in [6.45, 7) is 3.74. The molecule has 158 valence electrons. The molecule has 6 heteroatoms. The molecule has 1 unspecified atom stereocenters. The normalized spacial score (nSPS) is 22.3. The van der Waals surface area contributed by atoms with E-state index in [9.17, 15) is 19.2 Å². The van der Waals surface area contributed by atoms with Gasteiger partial charge in [-0.1, -0.05) is 44.7 Å². The highest BCUT2D eigenvalue weighted by atomic mass is 16.2. The maximum Gasteiger partial charge on any atom is 0.262 e. The first-order valence-corrected chi connectivity index (χ1v) is 10.9. The molecule has 3 aliphatic rings. The number of fused-ring (bicyclic) bond motifs is 1. The molecule has 6 nitrogen and oxygen atoms in total. The summed E-state index contributed by atoms with van der Waals surface area (Å²) in [4.78, 5) is 51.4. The molecule has 30 heavy (non-hydrogen) atoms. The van der Waals surface area contributed by atoms with Crippen molar-refractivity contribution in [1.29, 1.82) is 0 Å². The van der Waals surface area contributed by atoms with E-state index in [1.807, 2.05) is 6.07 Å². The summed E-state index contributed by atoms with van der Waals surface area (Å²) in [5, 5.41) is 2.63. The fourth-order valence-electron chi connectivity index (χ4n) is 4.85. The number of aryl methyl sites for hydroxylation is 1. The smallest absolute Gasteiger partial charge is 0.262 e. The quantitative estimate of drug-likeness (QED) is 0.730. The van der Waals surface area contributed by atoms with Crippen molar-refractivity contribution < 1.29 is 19.2 Å². The molecule has 1 saturated heterocycles. The van der Waals surface area contributed by atoms with Crippen LogP contribution in [0.25, 0.3) is 0 Å². The Balaban J connectivity index is 1.41. The maximum absolute atomic E-state index is 12.9. The number of nitrogens with zero attached hydrogens (tertiary/aromatic N) is 1. The van der Waals surface area contributed by atoms with Crippen molar-refractivity contribution in [2.45, 2.75) is 70.3 Å². The minimum Gasteiger partial charge on any atom is -0.329 e. The Labute approximate surface area is 176 Å². The number of hydrogen-bond acceptors (Lipinski definition) is 4. The number of hydrogen-bond donors (Lipinski definition) is 1. The van der Waals surface area contributed by atoms with Gasteiger partial charge in [-0.3, -0.25) is 24.1 Å². The van der Waals surface area contributed by atoms with Gasteiger partial charge in [0.15, 0.2) is 0 Å². The van der Waals surface area contributed by atoms with Crippen molar-refractivity contribution in [3.8, 4) is 0 Å². The molecule has 2 fully saturated rings. The third kappa shape index (κ3) is 4.09. The second kappa shape index (κ2) is 8.54. The van der Waals surface area contributed by atoms with Crippen molar-refractivity contribution in [2.24, 2.45) is 5.92 Å². The molecule has 2 aliphatic heterocycles. The van der Waals surface area contributed by atoms with Crippen LogP contribution in [0.1, 0.15) is 84.1 Å². The van der Waals surface area contributed by atoms with Crippen molar-refractivity contribution in [2.75, 3.05) is 0 Å². The van der Waals surface area contributed by atoms with Gasteiger partial charge in [0.25, 0.3) is 11.8 Å². The van der Waals surface area contributed by atoms with E-state index in [2.05, 4.69) is 11.9 Å². The van der Waals surface area contributed by atoms with Gasteiger partial charge in [-0.25, -0.2) is 0 Å². The third-order valence-electron chi connectivity index (χ3n) is 6.55. The number of allylic oxidation sites excluding steroid dienone is 1. The lowest BCUT2D eigenvalue weighted by molar-refractivity contribution is -0.125.